The van der Waals surface area contributed by atoms with Gasteiger partial charge < -0.3 is 24.7 Å². The topological polar surface area (TPSA) is 79.1 Å². The average molecular weight is 532 g/mol. The molecule has 1 aliphatic carbocycles. The molecule has 0 aromatic carbocycles. The summed E-state index contributed by atoms with van der Waals surface area (Å²) in [5.74, 6) is 1.90. The second kappa shape index (κ2) is 12.5. The quantitative estimate of drug-likeness (QED) is 0.306. The van der Waals surface area contributed by atoms with E-state index >= 15 is 0 Å². The van der Waals surface area contributed by atoms with Gasteiger partial charge in [0.15, 0.2) is 5.96 Å². The van der Waals surface area contributed by atoms with E-state index in [1.165, 1.54) is 6.42 Å². The van der Waals surface area contributed by atoms with Crippen LogP contribution in [-0.2, 0) is 16.0 Å². The molecule has 0 spiro atoms. The lowest BCUT2D eigenvalue weighted by Crippen LogP contribution is -2.45. The summed E-state index contributed by atoms with van der Waals surface area (Å²) in [6.45, 7) is 2.82. The van der Waals surface area contributed by atoms with E-state index in [1.807, 2.05) is 26.2 Å². The Balaban J connectivity index is 0.00000320. The largest absolute Gasteiger partial charge is 0.469 e. The van der Waals surface area contributed by atoms with E-state index < -0.39 is 0 Å². The molecule has 2 N–H and O–H groups in total. The van der Waals surface area contributed by atoms with Gasteiger partial charge >= 0.3 is 0 Å². The van der Waals surface area contributed by atoms with Crippen LogP contribution in [0, 0.1) is 5.41 Å². The lowest BCUT2D eigenvalue weighted by atomic mass is 9.85. The third-order valence-corrected chi connectivity index (χ3v) is 5.98. The highest BCUT2D eigenvalue weighted by Crippen LogP contribution is 2.39. The Hall–Kier alpha value is -1.29. The number of amides is 1. The minimum absolute atomic E-state index is 0. The first-order valence-electron chi connectivity index (χ1n) is 11.0. The number of rotatable bonds is 8. The Morgan fingerprint density at radius 3 is 2.67 bits per heavy atom. The maximum absolute atomic E-state index is 12.8. The van der Waals surface area contributed by atoms with Gasteiger partial charge in [0.05, 0.1) is 24.3 Å². The van der Waals surface area contributed by atoms with E-state index in [0.717, 1.165) is 76.4 Å². The average Bonchev–Trinajstić information content (AvgIpc) is 3.42. The fraction of sp³-hybridized carbons (Fsp3) is 0.727. The second-order valence-corrected chi connectivity index (χ2v) is 8.48. The number of aliphatic imine (C=N–C) groups is 1. The molecular formula is C22H37IN4O3. The molecule has 0 radical (unpaired) electrons. The number of nitrogens with one attached hydrogen (secondary N) is 2. The van der Waals surface area contributed by atoms with Gasteiger partial charge in [0, 0.05) is 40.2 Å². The summed E-state index contributed by atoms with van der Waals surface area (Å²) in [4.78, 5) is 19.4. The molecule has 1 saturated carbocycles. The third kappa shape index (κ3) is 7.14. The molecule has 0 bridgehead atoms. The molecule has 3 rings (SSSR count). The second-order valence-electron chi connectivity index (χ2n) is 8.48. The predicted octanol–water partition coefficient (Wildman–Crippen LogP) is 3.19. The fourth-order valence-electron chi connectivity index (χ4n) is 4.31. The molecule has 7 nitrogen and oxygen atoms in total. The Morgan fingerprint density at radius 1 is 1.23 bits per heavy atom. The Morgan fingerprint density at radius 2 is 2.03 bits per heavy atom. The van der Waals surface area contributed by atoms with Crippen molar-refractivity contribution in [1.29, 1.82) is 0 Å². The normalized spacial score (nSPS) is 21.0. The monoisotopic (exact) mass is 532 g/mol. The highest BCUT2D eigenvalue weighted by Gasteiger charge is 2.42. The molecule has 8 heteroatoms. The SMILES string of the molecule is CN(C)C(=O)C1(CN=C(NCCc2ccco2)NCC2CCCCO2)CCCC1.I. The van der Waals surface area contributed by atoms with Crippen LogP contribution in [0.15, 0.2) is 27.8 Å². The zero-order chi connectivity index (χ0) is 20.5. The molecule has 1 aliphatic heterocycles. The Labute approximate surface area is 197 Å². The van der Waals surface area contributed by atoms with Crippen molar-refractivity contribution >= 4 is 35.8 Å². The molecule has 1 aromatic heterocycles. The smallest absolute Gasteiger partial charge is 0.230 e. The fourth-order valence-corrected chi connectivity index (χ4v) is 4.31. The van der Waals surface area contributed by atoms with Crippen LogP contribution < -0.4 is 10.6 Å². The summed E-state index contributed by atoms with van der Waals surface area (Å²) in [6, 6.07) is 3.88. The lowest BCUT2D eigenvalue weighted by Gasteiger charge is -2.29. The first-order chi connectivity index (χ1) is 14.1. The first kappa shape index (κ1) is 25.0. The number of hydrogen-bond donors (Lipinski definition) is 2. The summed E-state index contributed by atoms with van der Waals surface area (Å²) in [6.07, 6.45) is 10.2. The van der Waals surface area contributed by atoms with Crippen molar-refractivity contribution in [3.63, 3.8) is 0 Å². The minimum Gasteiger partial charge on any atom is -0.469 e. The number of guanidine groups is 1. The molecule has 2 heterocycles. The van der Waals surface area contributed by atoms with Gasteiger partial charge in [0.2, 0.25) is 5.91 Å². The molecule has 1 aromatic rings. The zero-order valence-corrected chi connectivity index (χ0v) is 20.7. The van der Waals surface area contributed by atoms with Crippen LogP contribution in [0.4, 0.5) is 0 Å². The van der Waals surface area contributed by atoms with Gasteiger partial charge in [0.1, 0.15) is 5.76 Å². The predicted molar refractivity (Wildman–Crippen MR) is 129 cm³/mol. The molecule has 1 saturated heterocycles. The van der Waals surface area contributed by atoms with Crippen molar-refractivity contribution in [1.82, 2.24) is 15.5 Å². The van der Waals surface area contributed by atoms with E-state index in [2.05, 4.69) is 10.6 Å². The van der Waals surface area contributed by atoms with Gasteiger partial charge in [-0.2, -0.15) is 0 Å². The highest BCUT2D eigenvalue weighted by atomic mass is 127. The van der Waals surface area contributed by atoms with Gasteiger partial charge in [-0.15, -0.1) is 24.0 Å². The summed E-state index contributed by atoms with van der Waals surface area (Å²) < 4.78 is 11.3. The summed E-state index contributed by atoms with van der Waals surface area (Å²) >= 11 is 0. The van der Waals surface area contributed by atoms with Crippen LogP contribution in [0.5, 0.6) is 0 Å². The van der Waals surface area contributed by atoms with Gasteiger partial charge in [-0.25, -0.2) is 0 Å². The van der Waals surface area contributed by atoms with Crippen molar-refractivity contribution in [3.05, 3.63) is 24.2 Å². The standard InChI is InChI=1S/C22H36N4O3.HI/c1-26(2)20(27)22(11-4-5-12-22)17-25-21(23-13-10-18-9-7-15-28-18)24-16-19-8-3-6-14-29-19;/h7,9,15,19H,3-6,8,10-14,16-17H2,1-2H3,(H2,23,24,25);1H. The highest BCUT2D eigenvalue weighted by molar-refractivity contribution is 14.0. The molecule has 1 atom stereocenters. The molecule has 1 unspecified atom stereocenters. The van der Waals surface area contributed by atoms with E-state index in [1.54, 1.807) is 11.2 Å². The first-order valence-corrected chi connectivity index (χ1v) is 11.0. The number of nitrogens with zero attached hydrogens (tertiary/aromatic N) is 2. The summed E-state index contributed by atoms with van der Waals surface area (Å²) in [5.41, 5.74) is -0.361. The number of furan rings is 1. The van der Waals surface area contributed by atoms with Gasteiger partial charge in [-0.3, -0.25) is 9.79 Å². The Kier molecular flexibility index (Phi) is 10.4. The lowest BCUT2D eigenvalue weighted by molar-refractivity contribution is -0.138. The number of halogens is 1. The van der Waals surface area contributed by atoms with E-state index in [0.29, 0.717) is 6.54 Å². The molecule has 170 valence electrons. The van der Waals surface area contributed by atoms with E-state index in [-0.39, 0.29) is 41.4 Å². The summed E-state index contributed by atoms with van der Waals surface area (Å²) in [5, 5.41) is 6.84. The number of carbonyl (C=O) groups excluding carboxylic acids is 1. The molecule has 1 amide bonds. The molecule has 2 aliphatic rings. The minimum atomic E-state index is -0.361. The molecule has 30 heavy (non-hydrogen) atoms. The molecular weight excluding hydrogens is 495 g/mol. The maximum atomic E-state index is 12.8. The van der Waals surface area contributed by atoms with Crippen LogP contribution in [0.1, 0.15) is 50.7 Å². The van der Waals surface area contributed by atoms with Crippen molar-refractivity contribution in [2.24, 2.45) is 10.4 Å². The van der Waals surface area contributed by atoms with Crippen molar-refractivity contribution in [2.75, 3.05) is 40.3 Å². The number of ether oxygens (including phenoxy) is 1. The summed E-state index contributed by atoms with van der Waals surface area (Å²) in [7, 11) is 3.68. The van der Waals surface area contributed by atoms with Crippen LogP contribution in [0.25, 0.3) is 0 Å². The third-order valence-electron chi connectivity index (χ3n) is 5.98. The zero-order valence-electron chi connectivity index (χ0n) is 18.3. The van der Waals surface area contributed by atoms with Gasteiger partial charge in [0.25, 0.3) is 0 Å². The van der Waals surface area contributed by atoms with Crippen LogP contribution in [0.3, 0.4) is 0 Å². The van der Waals surface area contributed by atoms with Crippen molar-refractivity contribution < 1.29 is 13.9 Å². The van der Waals surface area contributed by atoms with E-state index in [4.69, 9.17) is 14.1 Å². The van der Waals surface area contributed by atoms with Crippen LogP contribution >= 0.6 is 24.0 Å². The molecule has 2 fully saturated rings. The van der Waals surface area contributed by atoms with E-state index in [9.17, 15) is 4.79 Å². The number of carbonyl (C=O) groups is 1. The number of hydrogen-bond acceptors (Lipinski definition) is 4. The van der Waals surface area contributed by atoms with Crippen molar-refractivity contribution in [2.45, 2.75) is 57.5 Å². The van der Waals surface area contributed by atoms with Gasteiger partial charge in [-0.05, 0) is 44.2 Å². The maximum Gasteiger partial charge on any atom is 0.230 e. The van der Waals surface area contributed by atoms with Gasteiger partial charge in [-0.1, -0.05) is 12.8 Å². The van der Waals surface area contributed by atoms with Crippen LogP contribution in [-0.4, -0.2) is 63.2 Å². The van der Waals surface area contributed by atoms with Crippen LogP contribution in [0.2, 0.25) is 0 Å². The Bertz CT molecular complexity index is 651. The van der Waals surface area contributed by atoms with Crippen molar-refractivity contribution in [3.8, 4) is 0 Å².